The quantitative estimate of drug-likeness (QED) is 0.151. The molecule has 0 saturated carbocycles. The minimum absolute atomic E-state index is 0.598. The molecule has 0 aliphatic carbocycles. The van der Waals surface area contributed by atoms with E-state index in [1.807, 2.05) is 6.07 Å². The van der Waals surface area contributed by atoms with Gasteiger partial charge in [0, 0.05) is 81.1 Å². The van der Waals surface area contributed by atoms with Crippen LogP contribution in [0.2, 0.25) is 0 Å². The van der Waals surface area contributed by atoms with E-state index in [-0.39, 0.29) is 0 Å². The maximum Gasteiger partial charge on any atom is 0.236 e. The third-order valence-corrected chi connectivity index (χ3v) is 23.4. The number of hydrogen-bond donors (Lipinski definition) is 0. The summed E-state index contributed by atoms with van der Waals surface area (Å²) in [6.45, 7) is 0. The van der Waals surface area contributed by atoms with Crippen LogP contribution < -0.4 is 0 Å². The van der Waals surface area contributed by atoms with E-state index < -0.39 is 0 Å². The second kappa shape index (κ2) is 24.5. The van der Waals surface area contributed by atoms with E-state index in [9.17, 15) is 0 Å². The van der Waals surface area contributed by atoms with Crippen LogP contribution in [0.5, 0.6) is 0 Å². The van der Waals surface area contributed by atoms with E-state index in [1.165, 1.54) is 75.2 Å². The van der Waals surface area contributed by atoms with E-state index in [4.69, 9.17) is 24.4 Å². The molecule has 512 valence electrons. The normalized spacial score (nSPS) is 12.0. The molecule has 110 heavy (non-hydrogen) atoms. The second-order valence-corrected chi connectivity index (χ2v) is 29.5. The average Bonchev–Trinajstić information content (AvgIpc) is 1.56. The molecule has 0 N–H and O–H groups in total. The van der Waals surface area contributed by atoms with Crippen molar-refractivity contribution in [2.24, 2.45) is 0 Å². The van der Waals surface area contributed by atoms with Gasteiger partial charge in [0.05, 0.1) is 60.0 Å². The molecular weight excluding hydrogens is 1360 g/mol. The van der Waals surface area contributed by atoms with Crippen molar-refractivity contribution >= 4 is 162 Å². The molecule has 8 heterocycles. The number of thiophene rings is 1. The minimum Gasteiger partial charge on any atom is -0.452 e. The predicted molar refractivity (Wildman–Crippen MR) is 458 cm³/mol. The van der Waals surface area contributed by atoms with Crippen LogP contribution in [0.3, 0.4) is 0 Å². The fourth-order valence-electron chi connectivity index (χ4n) is 17.2. The molecule has 0 saturated heterocycles. The summed E-state index contributed by atoms with van der Waals surface area (Å²) in [5.74, 6) is 1.26. The summed E-state index contributed by atoms with van der Waals surface area (Å²) in [5.41, 5.74) is 22.6. The number of hydrogen-bond acceptors (Lipinski definition) is 6. The van der Waals surface area contributed by atoms with E-state index in [0.29, 0.717) is 17.5 Å². The largest absolute Gasteiger partial charge is 0.452 e. The zero-order valence-electron chi connectivity index (χ0n) is 59.0. The first-order chi connectivity index (χ1) is 54.5. The summed E-state index contributed by atoms with van der Waals surface area (Å²) in [6, 6.07) is 130. The molecule has 0 unspecified atom stereocenters. The minimum atomic E-state index is 0.598. The molecule has 9 nitrogen and oxygen atoms in total. The Kier molecular flexibility index (Phi) is 13.7. The van der Waals surface area contributed by atoms with Crippen molar-refractivity contribution in [2.45, 2.75) is 0 Å². The molecule has 10 heteroatoms. The monoisotopic (exact) mass is 1420 g/mol. The van der Waals surface area contributed by atoms with Crippen molar-refractivity contribution in [2.75, 3.05) is 0 Å². The third kappa shape index (κ3) is 9.66. The molecule has 0 aliphatic rings. The molecule has 0 amide bonds. The highest BCUT2D eigenvalue weighted by Crippen LogP contribution is 2.46. The van der Waals surface area contributed by atoms with E-state index >= 15 is 0 Å². The molecule has 0 bridgehead atoms. The van der Waals surface area contributed by atoms with Crippen molar-refractivity contribution < 1.29 is 4.42 Å². The highest BCUT2D eigenvalue weighted by atomic mass is 32.1. The van der Waals surface area contributed by atoms with Crippen LogP contribution in [-0.2, 0) is 0 Å². The van der Waals surface area contributed by atoms with Gasteiger partial charge in [-0.05, 0) is 153 Å². The Bertz CT molecular complexity index is 7440. The smallest absolute Gasteiger partial charge is 0.236 e. The number of fused-ring (bicyclic) bond motifs is 20. The fourth-order valence-corrected chi connectivity index (χ4v) is 18.3. The first kappa shape index (κ1) is 61.7. The van der Waals surface area contributed by atoms with Gasteiger partial charge in [-0.25, -0.2) is 19.9 Å². The van der Waals surface area contributed by atoms with Crippen molar-refractivity contribution in [1.82, 2.24) is 38.2 Å². The molecule has 24 aromatic rings. The Labute approximate surface area is 632 Å². The summed E-state index contributed by atoms with van der Waals surface area (Å²) < 4.78 is 18.3. The first-order valence-corrected chi connectivity index (χ1v) is 38.0. The summed E-state index contributed by atoms with van der Waals surface area (Å²) in [6.07, 6.45) is 0. The van der Waals surface area contributed by atoms with E-state index in [0.717, 1.165) is 126 Å². The van der Waals surface area contributed by atoms with Crippen LogP contribution in [-0.4, -0.2) is 38.2 Å². The third-order valence-electron chi connectivity index (χ3n) is 22.2. The van der Waals surface area contributed by atoms with Gasteiger partial charge in [0.1, 0.15) is 16.8 Å². The highest BCUT2D eigenvalue weighted by Gasteiger charge is 2.26. The van der Waals surface area contributed by atoms with Crippen LogP contribution in [0.25, 0.3) is 219 Å². The molecule has 8 aromatic heterocycles. The molecule has 24 rings (SSSR count). The molecule has 0 spiro atoms. The lowest BCUT2D eigenvalue weighted by molar-refractivity contribution is 0.666. The lowest BCUT2D eigenvalue weighted by atomic mass is 10.0. The van der Waals surface area contributed by atoms with Crippen molar-refractivity contribution in [3.8, 4) is 68.0 Å². The molecule has 0 aliphatic heterocycles. The maximum atomic E-state index is 6.78. The SMILES string of the molecule is c1ccc(-c2ccc3oc4c(-c5ccc6c7ccccc7n(-c7ccccc7)c6c5)nc(-n5c6ccccc6c6cc7ccccc7cc65)nc4c3c2)cc1.c1ccc(-c2ccc3sc4c(-c5ccc6c7ccccc7n(-c7ccccc7)c6c5)nc(-n5c6ccccc6c6cc7ccccc7cc65)nc4c3c2)cc1. The Morgan fingerprint density at radius 3 is 1.11 bits per heavy atom. The Morgan fingerprint density at radius 2 is 0.600 bits per heavy atom. The molecular formula is C100H60N8OS. The standard InChI is InChI=1S/C50H30N4O.C50H30N4S/c2*1-3-13-31(14-4-1)34-24-26-46-41(28-34)48-49(55-46)47(35-23-25-39-37-19-9-11-21-42(37)53(44(39)30-35)36-17-5-2-6-18-36)51-50(52-48)54-43-22-12-10-20-38(43)40-27-32-15-7-8-16-33(32)29-45(40)54/h2*1-30H. The number of rotatable bonds is 8. The summed E-state index contributed by atoms with van der Waals surface area (Å²) in [4.78, 5) is 22.0. The maximum absolute atomic E-state index is 6.78. The summed E-state index contributed by atoms with van der Waals surface area (Å²) in [5, 5.41) is 16.4. The van der Waals surface area contributed by atoms with Crippen LogP contribution in [0.4, 0.5) is 0 Å². The Balaban J connectivity index is 0.000000132. The topological polar surface area (TPSA) is 84.4 Å². The predicted octanol–water partition coefficient (Wildman–Crippen LogP) is 26.6. The lowest BCUT2D eigenvalue weighted by Gasteiger charge is -2.12. The average molecular weight is 1420 g/mol. The van der Waals surface area contributed by atoms with Crippen molar-refractivity contribution in [3.05, 3.63) is 364 Å². The number of aromatic nitrogens is 8. The zero-order chi connectivity index (χ0) is 72.1. The number of furan rings is 1. The highest BCUT2D eigenvalue weighted by molar-refractivity contribution is 7.26. The van der Waals surface area contributed by atoms with Crippen LogP contribution in [0.1, 0.15) is 0 Å². The van der Waals surface area contributed by atoms with Gasteiger partial charge in [0.2, 0.25) is 11.9 Å². The van der Waals surface area contributed by atoms with Gasteiger partial charge in [0.25, 0.3) is 0 Å². The van der Waals surface area contributed by atoms with Gasteiger partial charge in [0.15, 0.2) is 5.58 Å². The van der Waals surface area contributed by atoms with Gasteiger partial charge in [-0.3, -0.25) is 9.13 Å². The molecule has 0 radical (unpaired) electrons. The van der Waals surface area contributed by atoms with Gasteiger partial charge >= 0.3 is 0 Å². The van der Waals surface area contributed by atoms with Crippen LogP contribution >= 0.6 is 11.3 Å². The van der Waals surface area contributed by atoms with Crippen molar-refractivity contribution in [1.29, 1.82) is 0 Å². The second-order valence-electron chi connectivity index (χ2n) is 28.4. The van der Waals surface area contributed by atoms with Gasteiger partial charge in [-0.1, -0.05) is 255 Å². The molecule has 0 atom stereocenters. The van der Waals surface area contributed by atoms with E-state index in [2.05, 4.69) is 376 Å². The fraction of sp³-hybridized carbons (Fsp3) is 0. The lowest BCUT2D eigenvalue weighted by Crippen LogP contribution is -2.03. The number of para-hydroxylation sites is 6. The zero-order valence-corrected chi connectivity index (χ0v) is 59.9. The molecule has 0 fully saturated rings. The van der Waals surface area contributed by atoms with Gasteiger partial charge < -0.3 is 13.6 Å². The van der Waals surface area contributed by atoms with Crippen LogP contribution in [0, 0.1) is 0 Å². The van der Waals surface area contributed by atoms with Gasteiger partial charge in [-0.15, -0.1) is 11.3 Å². The Hall–Kier alpha value is -14.6. The first-order valence-electron chi connectivity index (χ1n) is 37.2. The molecule has 16 aromatic carbocycles. The van der Waals surface area contributed by atoms with E-state index in [1.54, 1.807) is 11.3 Å². The van der Waals surface area contributed by atoms with Gasteiger partial charge in [-0.2, -0.15) is 0 Å². The van der Waals surface area contributed by atoms with Crippen LogP contribution in [0.15, 0.2) is 368 Å². The number of benzene rings is 16. The summed E-state index contributed by atoms with van der Waals surface area (Å²) >= 11 is 1.77. The van der Waals surface area contributed by atoms with Crippen molar-refractivity contribution in [3.63, 3.8) is 0 Å². The number of nitrogens with zero attached hydrogens (tertiary/aromatic N) is 8. The summed E-state index contributed by atoms with van der Waals surface area (Å²) in [7, 11) is 0. The Morgan fingerprint density at radius 1 is 0.227 bits per heavy atom.